The number of hydrogen-bond acceptors (Lipinski definition) is 4. The Balaban J connectivity index is 1.92. The SMILES string of the molecule is CC(C)(C)OC(=O)N1CCN(C2CCCC2O)C(=O)C1. The van der Waals surface area contributed by atoms with Crippen LogP contribution in [0.25, 0.3) is 0 Å². The molecule has 0 aromatic heterocycles. The molecule has 1 N–H and O–H groups in total. The van der Waals surface area contributed by atoms with Gasteiger partial charge in [0.2, 0.25) is 5.91 Å². The molecule has 6 nitrogen and oxygen atoms in total. The molecule has 2 atom stereocenters. The number of amides is 2. The lowest BCUT2D eigenvalue weighted by Gasteiger charge is -2.39. The van der Waals surface area contributed by atoms with Gasteiger partial charge in [0.1, 0.15) is 12.1 Å². The Bertz CT molecular complexity index is 391. The third-order valence-corrected chi connectivity index (χ3v) is 3.75. The fourth-order valence-corrected chi connectivity index (χ4v) is 2.80. The van der Waals surface area contributed by atoms with E-state index in [1.807, 2.05) is 0 Å². The van der Waals surface area contributed by atoms with Crippen LogP contribution in [0.1, 0.15) is 40.0 Å². The second-order valence-electron chi connectivity index (χ2n) is 6.55. The van der Waals surface area contributed by atoms with Crippen molar-refractivity contribution in [1.29, 1.82) is 0 Å². The van der Waals surface area contributed by atoms with Crippen LogP contribution < -0.4 is 0 Å². The van der Waals surface area contributed by atoms with Crippen molar-refractivity contribution < 1.29 is 19.4 Å². The second-order valence-corrected chi connectivity index (χ2v) is 6.55. The molecule has 2 amide bonds. The minimum Gasteiger partial charge on any atom is -0.444 e. The summed E-state index contributed by atoms with van der Waals surface area (Å²) in [6.45, 7) is 6.38. The molecule has 0 aromatic rings. The van der Waals surface area contributed by atoms with Crippen molar-refractivity contribution in [1.82, 2.24) is 9.80 Å². The highest BCUT2D eigenvalue weighted by molar-refractivity contribution is 5.84. The molecule has 0 spiro atoms. The number of hydrogen-bond donors (Lipinski definition) is 1. The smallest absolute Gasteiger partial charge is 0.410 e. The molecule has 20 heavy (non-hydrogen) atoms. The number of rotatable bonds is 1. The van der Waals surface area contributed by atoms with Crippen LogP contribution in [0, 0.1) is 0 Å². The van der Waals surface area contributed by atoms with Crippen LogP contribution >= 0.6 is 0 Å². The van der Waals surface area contributed by atoms with E-state index in [1.165, 1.54) is 4.90 Å². The van der Waals surface area contributed by atoms with E-state index in [0.717, 1.165) is 19.3 Å². The van der Waals surface area contributed by atoms with Gasteiger partial charge in [-0.05, 0) is 40.0 Å². The standard InChI is InChI=1S/C14H24N2O4/c1-14(2,3)20-13(19)15-7-8-16(12(18)9-15)10-5-4-6-11(10)17/h10-11,17H,4-9H2,1-3H3. The number of piperazine rings is 1. The van der Waals surface area contributed by atoms with Crippen LogP contribution in [0.15, 0.2) is 0 Å². The van der Waals surface area contributed by atoms with Crippen molar-refractivity contribution in [3.05, 3.63) is 0 Å². The average molecular weight is 284 g/mol. The van der Waals surface area contributed by atoms with Crippen LogP contribution in [0.3, 0.4) is 0 Å². The van der Waals surface area contributed by atoms with E-state index >= 15 is 0 Å². The van der Waals surface area contributed by atoms with Gasteiger partial charge < -0.3 is 14.7 Å². The van der Waals surface area contributed by atoms with Crippen molar-refractivity contribution >= 4 is 12.0 Å². The van der Waals surface area contributed by atoms with Crippen LogP contribution in [0.5, 0.6) is 0 Å². The topological polar surface area (TPSA) is 70.1 Å². The first-order valence-electron chi connectivity index (χ1n) is 7.23. The Morgan fingerprint density at radius 3 is 2.50 bits per heavy atom. The highest BCUT2D eigenvalue weighted by Gasteiger charge is 2.38. The van der Waals surface area contributed by atoms with Gasteiger partial charge in [-0.15, -0.1) is 0 Å². The van der Waals surface area contributed by atoms with Gasteiger partial charge in [0, 0.05) is 13.1 Å². The van der Waals surface area contributed by atoms with Gasteiger partial charge in [-0.3, -0.25) is 9.69 Å². The zero-order valence-electron chi connectivity index (χ0n) is 12.5. The van der Waals surface area contributed by atoms with Crippen LogP contribution in [-0.4, -0.2) is 64.3 Å². The molecule has 2 fully saturated rings. The number of carbonyl (C=O) groups is 2. The molecule has 0 radical (unpaired) electrons. The van der Waals surface area contributed by atoms with Crippen molar-refractivity contribution in [2.24, 2.45) is 0 Å². The van der Waals surface area contributed by atoms with Gasteiger partial charge in [0.05, 0.1) is 12.1 Å². The Labute approximate surface area is 119 Å². The summed E-state index contributed by atoms with van der Waals surface area (Å²) in [5.41, 5.74) is -0.557. The summed E-state index contributed by atoms with van der Waals surface area (Å²) in [6.07, 6.45) is 1.68. The first-order valence-corrected chi connectivity index (χ1v) is 7.23. The van der Waals surface area contributed by atoms with Crippen molar-refractivity contribution in [3.63, 3.8) is 0 Å². The largest absolute Gasteiger partial charge is 0.444 e. The normalized spacial score (nSPS) is 27.9. The summed E-state index contributed by atoms with van der Waals surface area (Å²) in [6, 6.07) is -0.0803. The van der Waals surface area contributed by atoms with Crippen LogP contribution in [0.4, 0.5) is 4.79 Å². The summed E-state index contributed by atoms with van der Waals surface area (Å²) >= 11 is 0. The van der Waals surface area contributed by atoms with E-state index in [2.05, 4.69) is 0 Å². The molecule has 6 heteroatoms. The fraction of sp³-hybridized carbons (Fsp3) is 0.857. The number of aliphatic hydroxyl groups is 1. The molecule has 1 saturated heterocycles. The molecule has 1 heterocycles. The molecular weight excluding hydrogens is 260 g/mol. The van der Waals surface area contributed by atoms with Gasteiger partial charge in [-0.2, -0.15) is 0 Å². The Hall–Kier alpha value is -1.30. The maximum absolute atomic E-state index is 12.2. The third kappa shape index (κ3) is 3.42. The number of ether oxygens (including phenoxy) is 1. The fourth-order valence-electron chi connectivity index (χ4n) is 2.80. The summed E-state index contributed by atoms with van der Waals surface area (Å²) in [5, 5.41) is 9.89. The number of aliphatic hydroxyl groups excluding tert-OH is 1. The van der Waals surface area contributed by atoms with E-state index < -0.39 is 17.8 Å². The van der Waals surface area contributed by atoms with Crippen molar-refractivity contribution in [2.45, 2.75) is 57.8 Å². The molecule has 114 valence electrons. The molecule has 1 aliphatic carbocycles. The first-order chi connectivity index (χ1) is 9.28. The van der Waals surface area contributed by atoms with Crippen LogP contribution in [-0.2, 0) is 9.53 Å². The van der Waals surface area contributed by atoms with E-state index in [-0.39, 0.29) is 18.5 Å². The van der Waals surface area contributed by atoms with E-state index in [1.54, 1.807) is 25.7 Å². The van der Waals surface area contributed by atoms with E-state index in [9.17, 15) is 14.7 Å². The molecule has 0 aromatic carbocycles. The summed E-state index contributed by atoms with van der Waals surface area (Å²) < 4.78 is 5.27. The predicted molar refractivity (Wildman–Crippen MR) is 73.2 cm³/mol. The zero-order chi connectivity index (χ0) is 14.9. The number of nitrogens with zero attached hydrogens (tertiary/aromatic N) is 2. The highest BCUT2D eigenvalue weighted by Crippen LogP contribution is 2.25. The highest BCUT2D eigenvalue weighted by atomic mass is 16.6. The Morgan fingerprint density at radius 2 is 2.00 bits per heavy atom. The van der Waals surface area contributed by atoms with E-state index in [0.29, 0.717) is 13.1 Å². The summed E-state index contributed by atoms with van der Waals surface area (Å²) in [4.78, 5) is 27.3. The van der Waals surface area contributed by atoms with Gasteiger partial charge in [0.15, 0.2) is 0 Å². The molecule has 2 unspecified atom stereocenters. The van der Waals surface area contributed by atoms with Gasteiger partial charge in [0.25, 0.3) is 0 Å². The van der Waals surface area contributed by atoms with Crippen LogP contribution in [0.2, 0.25) is 0 Å². The average Bonchev–Trinajstić information content (AvgIpc) is 2.73. The Kier molecular flexibility index (Phi) is 4.22. The third-order valence-electron chi connectivity index (χ3n) is 3.75. The lowest BCUT2D eigenvalue weighted by atomic mass is 10.1. The van der Waals surface area contributed by atoms with Gasteiger partial charge in [-0.25, -0.2) is 4.79 Å². The summed E-state index contributed by atoms with van der Waals surface area (Å²) in [5.74, 6) is -0.104. The van der Waals surface area contributed by atoms with Gasteiger partial charge in [-0.1, -0.05) is 0 Å². The second kappa shape index (κ2) is 5.60. The predicted octanol–water partition coefficient (Wildman–Crippen LogP) is 0.979. The first kappa shape index (κ1) is 15.1. The molecule has 1 saturated carbocycles. The maximum atomic E-state index is 12.2. The van der Waals surface area contributed by atoms with E-state index in [4.69, 9.17) is 4.74 Å². The summed E-state index contributed by atoms with van der Waals surface area (Å²) in [7, 11) is 0. The molecule has 2 rings (SSSR count). The molecule has 1 aliphatic heterocycles. The molecular formula is C14H24N2O4. The quantitative estimate of drug-likeness (QED) is 0.779. The number of carbonyl (C=O) groups excluding carboxylic acids is 2. The monoisotopic (exact) mass is 284 g/mol. The Morgan fingerprint density at radius 1 is 1.30 bits per heavy atom. The van der Waals surface area contributed by atoms with Crippen molar-refractivity contribution in [3.8, 4) is 0 Å². The lowest BCUT2D eigenvalue weighted by Crippen LogP contribution is -2.57. The molecule has 0 bridgehead atoms. The minimum absolute atomic E-state index is 0.0398. The lowest BCUT2D eigenvalue weighted by molar-refractivity contribution is -0.140. The minimum atomic E-state index is -0.557. The van der Waals surface area contributed by atoms with Gasteiger partial charge >= 0.3 is 6.09 Å². The maximum Gasteiger partial charge on any atom is 0.410 e. The van der Waals surface area contributed by atoms with Crippen molar-refractivity contribution in [2.75, 3.05) is 19.6 Å². The zero-order valence-corrected chi connectivity index (χ0v) is 12.5. The molecule has 2 aliphatic rings.